The van der Waals surface area contributed by atoms with Gasteiger partial charge in [0, 0.05) is 11.1 Å². The maximum absolute atomic E-state index is 12.5. The van der Waals surface area contributed by atoms with Gasteiger partial charge in [-0.15, -0.1) is 10.2 Å². The van der Waals surface area contributed by atoms with Crippen molar-refractivity contribution in [3.8, 4) is 23.0 Å². The average Bonchev–Trinajstić information content (AvgIpc) is 3.42. The normalized spacial score (nSPS) is 12.6. The van der Waals surface area contributed by atoms with Crippen LogP contribution in [0.5, 0.6) is 23.0 Å². The molecule has 0 bridgehead atoms. The second-order valence-corrected chi connectivity index (χ2v) is 12.1. The minimum Gasteiger partial charge on any atom is -0.493 e. The van der Waals surface area contributed by atoms with Crippen molar-refractivity contribution in [2.45, 2.75) is 33.0 Å². The molecule has 12 nitrogen and oxygen atoms in total. The summed E-state index contributed by atoms with van der Waals surface area (Å²) >= 11 is 3.77. The molecule has 3 aromatic rings. The molecule has 0 saturated heterocycles. The van der Waals surface area contributed by atoms with Gasteiger partial charge in [0.25, 0.3) is 11.8 Å². The van der Waals surface area contributed by atoms with Gasteiger partial charge in [-0.1, -0.05) is 47.0 Å². The number of benzene rings is 2. The number of para-hydroxylation sites is 2. The standard InChI is InChI=1S/C26H30N6O6S3/c1-15(23(33)29-27-13-17-9-7-11-19(35-3)21(17)37-5)39-25-31-32-26(41-25)40-16(2)24(34)30-28-14-18-10-8-12-20(36-4)22(18)38-6/h7-16H,1-6H3,(H,29,33)(H,30,34)/b27-13-,28-14-/t15-,16+. The van der Waals surface area contributed by atoms with Crippen LogP contribution >= 0.6 is 34.9 Å². The number of carbonyl (C=O) groups excluding carboxylic acids is 2. The molecule has 0 aliphatic rings. The Morgan fingerprint density at radius 1 is 0.756 bits per heavy atom. The monoisotopic (exact) mass is 618 g/mol. The van der Waals surface area contributed by atoms with Crippen LogP contribution in [0.4, 0.5) is 0 Å². The molecule has 1 heterocycles. The van der Waals surface area contributed by atoms with Crippen molar-refractivity contribution in [2.24, 2.45) is 10.2 Å². The quantitative estimate of drug-likeness (QED) is 0.155. The topological polar surface area (TPSA) is 146 Å². The first-order chi connectivity index (χ1) is 19.8. The molecule has 2 N–H and O–H groups in total. The largest absolute Gasteiger partial charge is 0.493 e. The Hall–Kier alpha value is -3.82. The zero-order valence-electron chi connectivity index (χ0n) is 23.2. The van der Waals surface area contributed by atoms with Crippen molar-refractivity contribution >= 4 is 59.1 Å². The van der Waals surface area contributed by atoms with Gasteiger partial charge in [0.1, 0.15) is 0 Å². The van der Waals surface area contributed by atoms with Crippen LogP contribution in [-0.4, -0.2) is 73.4 Å². The van der Waals surface area contributed by atoms with Gasteiger partial charge >= 0.3 is 0 Å². The first-order valence-corrected chi connectivity index (χ1v) is 14.6. The highest BCUT2D eigenvalue weighted by atomic mass is 32.2. The first-order valence-electron chi connectivity index (χ1n) is 12.1. The number of nitrogens with zero attached hydrogens (tertiary/aromatic N) is 4. The lowest BCUT2D eigenvalue weighted by Gasteiger charge is -2.10. The van der Waals surface area contributed by atoms with Crippen LogP contribution in [0, 0.1) is 0 Å². The summed E-state index contributed by atoms with van der Waals surface area (Å²) in [7, 11) is 6.15. The molecule has 1 aromatic heterocycles. The lowest BCUT2D eigenvalue weighted by molar-refractivity contribution is -0.121. The van der Waals surface area contributed by atoms with E-state index in [0.29, 0.717) is 42.8 Å². The highest BCUT2D eigenvalue weighted by molar-refractivity contribution is 8.04. The maximum Gasteiger partial charge on any atom is 0.253 e. The molecular formula is C26H30N6O6S3. The SMILES string of the molecule is COc1cccc(/C=N\NC(=O)[C@H](C)Sc2nnc(S[C@H](C)C(=O)N/N=C\c3cccc(OC)c3OC)s2)c1OC. The van der Waals surface area contributed by atoms with Crippen molar-refractivity contribution in [2.75, 3.05) is 28.4 Å². The number of methoxy groups -OCH3 is 4. The Morgan fingerprint density at radius 2 is 1.17 bits per heavy atom. The highest BCUT2D eigenvalue weighted by Crippen LogP contribution is 2.33. The van der Waals surface area contributed by atoms with E-state index in [-0.39, 0.29) is 11.8 Å². The van der Waals surface area contributed by atoms with Crippen LogP contribution in [0.25, 0.3) is 0 Å². The smallest absolute Gasteiger partial charge is 0.253 e. The third-order valence-corrected chi connectivity index (χ3v) is 8.60. The van der Waals surface area contributed by atoms with Crippen molar-refractivity contribution in [3.63, 3.8) is 0 Å². The number of amides is 2. The van der Waals surface area contributed by atoms with Crippen LogP contribution in [0.15, 0.2) is 55.3 Å². The molecule has 2 atom stereocenters. The van der Waals surface area contributed by atoms with Crippen molar-refractivity contribution in [1.82, 2.24) is 21.0 Å². The average molecular weight is 619 g/mol. The summed E-state index contributed by atoms with van der Waals surface area (Å²) in [6.07, 6.45) is 2.97. The predicted molar refractivity (Wildman–Crippen MR) is 161 cm³/mol. The van der Waals surface area contributed by atoms with Gasteiger partial charge in [-0.3, -0.25) is 9.59 Å². The van der Waals surface area contributed by atoms with Gasteiger partial charge in [-0.2, -0.15) is 10.2 Å². The van der Waals surface area contributed by atoms with Gasteiger partial charge in [0.15, 0.2) is 31.7 Å². The lowest BCUT2D eigenvalue weighted by Crippen LogP contribution is -2.26. The number of carbonyl (C=O) groups is 2. The maximum atomic E-state index is 12.5. The Morgan fingerprint density at radius 3 is 1.54 bits per heavy atom. The Kier molecular flexibility index (Phi) is 12.2. The molecule has 218 valence electrons. The van der Waals surface area contributed by atoms with E-state index >= 15 is 0 Å². The first kappa shape index (κ1) is 31.7. The Balaban J connectivity index is 1.49. The van der Waals surface area contributed by atoms with Gasteiger partial charge < -0.3 is 18.9 Å². The zero-order chi connectivity index (χ0) is 29.8. The summed E-state index contributed by atoms with van der Waals surface area (Å²) in [5, 5.41) is 15.4. The minimum absolute atomic E-state index is 0.309. The molecule has 41 heavy (non-hydrogen) atoms. The molecule has 0 fully saturated rings. The number of nitrogens with one attached hydrogen (secondary N) is 2. The summed E-state index contributed by atoms with van der Waals surface area (Å²) in [5.41, 5.74) is 6.35. The fourth-order valence-corrected chi connectivity index (χ4v) is 6.54. The number of hydrogen-bond donors (Lipinski definition) is 2. The minimum atomic E-state index is -0.492. The van der Waals surface area contributed by atoms with E-state index in [4.69, 9.17) is 18.9 Å². The van der Waals surface area contributed by atoms with Gasteiger partial charge in [0.05, 0.1) is 51.4 Å². The second-order valence-electron chi connectivity index (χ2n) is 7.99. The molecule has 15 heteroatoms. The number of thioether (sulfide) groups is 2. The fraction of sp³-hybridized carbons (Fsp3) is 0.308. The summed E-state index contributed by atoms with van der Waals surface area (Å²) in [6, 6.07) is 10.7. The molecule has 0 spiro atoms. The highest BCUT2D eigenvalue weighted by Gasteiger charge is 2.20. The number of hydrogen-bond acceptors (Lipinski definition) is 13. The van der Waals surface area contributed by atoms with Crippen LogP contribution in [0.3, 0.4) is 0 Å². The van der Waals surface area contributed by atoms with E-state index in [1.807, 2.05) is 0 Å². The lowest BCUT2D eigenvalue weighted by atomic mass is 10.2. The van der Waals surface area contributed by atoms with Crippen molar-refractivity contribution < 1.29 is 28.5 Å². The van der Waals surface area contributed by atoms with Crippen molar-refractivity contribution in [1.29, 1.82) is 0 Å². The summed E-state index contributed by atoms with van der Waals surface area (Å²) in [4.78, 5) is 25.1. The van der Waals surface area contributed by atoms with E-state index in [1.165, 1.54) is 61.5 Å². The molecule has 0 radical (unpaired) electrons. The molecule has 0 unspecified atom stereocenters. The van der Waals surface area contributed by atoms with Gasteiger partial charge in [-0.25, -0.2) is 10.9 Å². The summed E-state index contributed by atoms with van der Waals surface area (Å²) in [6.45, 7) is 3.47. The third-order valence-electron chi connectivity index (χ3n) is 5.31. The Bertz CT molecular complexity index is 1300. The van der Waals surface area contributed by atoms with E-state index in [0.717, 1.165) is 0 Å². The van der Waals surface area contributed by atoms with Crippen molar-refractivity contribution in [3.05, 3.63) is 47.5 Å². The van der Waals surface area contributed by atoms with E-state index in [1.54, 1.807) is 64.5 Å². The second kappa shape index (κ2) is 15.8. The molecular weight excluding hydrogens is 589 g/mol. The Labute approximate surface area is 250 Å². The molecule has 0 saturated carbocycles. The zero-order valence-corrected chi connectivity index (χ0v) is 25.7. The molecule has 2 aromatic carbocycles. The number of rotatable bonds is 14. The van der Waals surface area contributed by atoms with E-state index in [2.05, 4.69) is 31.3 Å². The number of aromatic nitrogens is 2. The summed E-state index contributed by atoms with van der Waals surface area (Å²) < 4.78 is 22.4. The number of hydrazone groups is 2. The van der Waals surface area contributed by atoms with Crippen LogP contribution < -0.4 is 29.8 Å². The van der Waals surface area contributed by atoms with Crippen LogP contribution in [-0.2, 0) is 9.59 Å². The summed E-state index contributed by atoms with van der Waals surface area (Å²) in [5.74, 6) is 1.53. The van der Waals surface area contributed by atoms with Crippen LogP contribution in [0.2, 0.25) is 0 Å². The van der Waals surface area contributed by atoms with E-state index < -0.39 is 10.5 Å². The van der Waals surface area contributed by atoms with Gasteiger partial charge in [-0.05, 0) is 38.1 Å². The number of ether oxygens (including phenoxy) is 4. The van der Waals surface area contributed by atoms with E-state index in [9.17, 15) is 9.59 Å². The van der Waals surface area contributed by atoms with Gasteiger partial charge in [0.2, 0.25) is 0 Å². The van der Waals surface area contributed by atoms with Crippen LogP contribution in [0.1, 0.15) is 25.0 Å². The predicted octanol–water partition coefficient (Wildman–Crippen LogP) is 3.83. The molecule has 2 amide bonds. The molecule has 3 rings (SSSR count). The third kappa shape index (κ3) is 8.83. The fourth-order valence-electron chi connectivity index (χ4n) is 3.24. The molecule has 0 aliphatic heterocycles. The molecule has 0 aliphatic carbocycles.